The number of amides is 4. The monoisotopic (exact) mass is 471 g/mol. The maximum absolute atomic E-state index is 13.0. The number of carbonyl (C=O) groups excluding carboxylic acids is 4. The van der Waals surface area contributed by atoms with Crippen LogP contribution in [0.15, 0.2) is 53.5 Å². The SMILES string of the molecule is COCCN(C(N)=O)c1ccc(C(=O)c2ccccc2)cc1NC(=NC(=O)OC)NC(=O)OC. The van der Waals surface area contributed by atoms with Gasteiger partial charge in [-0.1, -0.05) is 30.3 Å². The van der Waals surface area contributed by atoms with E-state index in [1.807, 2.05) is 0 Å². The van der Waals surface area contributed by atoms with Crippen LogP contribution in [0.4, 0.5) is 25.8 Å². The van der Waals surface area contributed by atoms with Crippen molar-refractivity contribution in [2.24, 2.45) is 10.7 Å². The number of hydrogen-bond donors (Lipinski definition) is 3. The van der Waals surface area contributed by atoms with E-state index in [9.17, 15) is 19.2 Å². The summed E-state index contributed by atoms with van der Waals surface area (Å²) in [7, 11) is 3.68. The van der Waals surface area contributed by atoms with Crippen LogP contribution >= 0.6 is 0 Å². The first-order valence-corrected chi connectivity index (χ1v) is 9.89. The fourth-order valence-corrected chi connectivity index (χ4v) is 2.80. The summed E-state index contributed by atoms with van der Waals surface area (Å²) in [5.74, 6) is -0.675. The Kier molecular flexibility index (Phi) is 9.53. The van der Waals surface area contributed by atoms with E-state index in [1.165, 1.54) is 30.2 Å². The molecule has 0 aliphatic rings. The van der Waals surface area contributed by atoms with Gasteiger partial charge in [0.05, 0.1) is 38.7 Å². The van der Waals surface area contributed by atoms with Crippen molar-refractivity contribution in [3.8, 4) is 0 Å². The number of ketones is 1. The fraction of sp³-hybridized carbons (Fsp3) is 0.227. The van der Waals surface area contributed by atoms with Gasteiger partial charge in [0.1, 0.15) is 0 Å². The van der Waals surface area contributed by atoms with Crippen LogP contribution in [0.5, 0.6) is 0 Å². The average molecular weight is 471 g/mol. The molecule has 2 rings (SSSR count). The molecule has 180 valence electrons. The predicted octanol–water partition coefficient (Wildman–Crippen LogP) is 2.34. The molecule has 0 atom stereocenters. The number of carbonyl (C=O) groups is 4. The summed E-state index contributed by atoms with van der Waals surface area (Å²) in [6.45, 7) is 0.247. The number of anilines is 2. The van der Waals surface area contributed by atoms with E-state index in [-0.39, 0.29) is 41.8 Å². The van der Waals surface area contributed by atoms with Crippen molar-refractivity contribution in [1.29, 1.82) is 0 Å². The molecule has 0 unspecified atom stereocenters. The van der Waals surface area contributed by atoms with E-state index in [4.69, 9.17) is 10.5 Å². The first-order chi connectivity index (χ1) is 16.3. The fourth-order valence-electron chi connectivity index (χ4n) is 2.80. The molecule has 0 fully saturated rings. The molecule has 4 N–H and O–H groups in total. The second kappa shape index (κ2) is 12.6. The van der Waals surface area contributed by atoms with Crippen LogP contribution < -0.4 is 21.3 Å². The molecular formula is C22H25N5O7. The maximum atomic E-state index is 13.0. The molecule has 0 saturated heterocycles. The van der Waals surface area contributed by atoms with Gasteiger partial charge >= 0.3 is 18.2 Å². The summed E-state index contributed by atoms with van der Waals surface area (Å²) in [6.07, 6.45) is -1.96. The second-order valence-corrected chi connectivity index (χ2v) is 6.58. The van der Waals surface area contributed by atoms with Gasteiger partial charge in [-0.3, -0.25) is 15.0 Å². The van der Waals surface area contributed by atoms with Crippen LogP contribution in [0.1, 0.15) is 15.9 Å². The van der Waals surface area contributed by atoms with Gasteiger partial charge in [-0.15, -0.1) is 4.99 Å². The van der Waals surface area contributed by atoms with Gasteiger partial charge in [0.15, 0.2) is 5.78 Å². The van der Waals surface area contributed by atoms with E-state index < -0.39 is 18.2 Å². The number of methoxy groups -OCH3 is 3. The van der Waals surface area contributed by atoms with Gasteiger partial charge in [-0.2, -0.15) is 0 Å². The van der Waals surface area contributed by atoms with Crippen LogP contribution in [-0.4, -0.2) is 64.4 Å². The molecule has 0 aromatic heterocycles. The molecule has 0 heterocycles. The van der Waals surface area contributed by atoms with Gasteiger partial charge in [0, 0.05) is 18.2 Å². The van der Waals surface area contributed by atoms with Crippen molar-refractivity contribution >= 4 is 41.3 Å². The molecule has 0 radical (unpaired) electrons. The summed E-state index contributed by atoms with van der Waals surface area (Å²) in [5.41, 5.74) is 6.60. The Labute approximate surface area is 195 Å². The zero-order chi connectivity index (χ0) is 25.1. The minimum absolute atomic E-state index is 0.0837. The molecule has 12 nitrogen and oxygen atoms in total. The summed E-state index contributed by atoms with van der Waals surface area (Å²) >= 11 is 0. The highest BCUT2D eigenvalue weighted by Gasteiger charge is 2.21. The number of nitrogens with zero attached hydrogens (tertiary/aromatic N) is 2. The lowest BCUT2D eigenvalue weighted by Crippen LogP contribution is -2.40. The molecule has 0 aliphatic heterocycles. The van der Waals surface area contributed by atoms with Crippen molar-refractivity contribution in [3.63, 3.8) is 0 Å². The van der Waals surface area contributed by atoms with E-state index in [0.29, 0.717) is 5.56 Å². The van der Waals surface area contributed by atoms with Crippen molar-refractivity contribution in [3.05, 3.63) is 59.7 Å². The first-order valence-electron chi connectivity index (χ1n) is 9.89. The van der Waals surface area contributed by atoms with E-state index in [1.54, 1.807) is 30.3 Å². The van der Waals surface area contributed by atoms with Crippen LogP contribution in [0.3, 0.4) is 0 Å². The minimum Gasteiger partial charge on any atom is -0.453 e. The molecule has 0 bridgehead atoms. The largest absolute Gasteiger partial charge is 0.453 e. The van der Waals surface area contributed by atoms with Crippen molar-refractivity contribution in [2.45, 2.75) is 0 Å². The molecule has 0 saturated carbocycles. The Hall–Kier alpha value is -4.45. The third-order valence-corrected chi connectivity index (χ3v) is 4.41. The first kappa shape index (κ1) is 25.8. The summed E-state index contributed by atoms with van der Waals surface area (Å²) in [6, 6.07) is 12.2. The molecule has 12 heteroatoms. The van der Waals surface area contributed by atoms with E-state index in [2.05, 4.69) is 25.1 Å². The second-order valence-electron chi connectivity index (χ2n) is 6.58. The summed E-state index contributed by atoms with van der Waals surface area (Å²) < 4.78 is 14.1. The number of primary amides is 1. The lowest BCUT2D eigenvalue weighted by molar-refractivity contribution is 0.103. The zero-order valence-electron chi connectivity index (χ0n) is 18.9. The van der Waals surface area contributed by atoms with E-state index >= 15 is 0 Å². The highest BCUT2D eigenvalue weighted by Crippen LogP contribution is 2.28. The number of nitrogens with one attached hydrogen (secondary N) is 2. The third kappa shape index (κ3) is 7.03. The highest BCUT2D eigenvalue weighted by molar-refractivity contribution is 6.12. The number of hydrogen-bond acceptors (Lipinski definition) is 7. The Balaban J connectivity index is 2.58. The lowest BCUT2D eigenvalue weighted by atomic mass is 10.0. The number of alkyl carbamates (subject to hydrolysis) is 1. The molecule has 34 heavy (non-hydrogen) atoms. The van der Waals surface area contributed by atoms with Crippen LogP contribution in [0.2, 0.25) is 0 Å². The Bertz CT molecular complexity index is 1070. The van der Waals surface area contributed by atoms with Crippen molar-refractivity contribution < 1.29 is 33.4 Å². The smallest absolute Gasteiger partial charge is 0.436 e. The average Bonchev–Trinajstić information content (AvgIpc) is 2.84. The topological polar surface area (TPSA) is 162 Å². The number of urea groups is 1. The number of ether oxygens (including phenoxy) is 3. The van der Waals surface area contributed by atoms with Crippen LogP contribution in [0, 0.1) is 0 Å². The van der Waals surface area contributed by atoms with E-state index in [0.717, 1.165) is 14.2 Å². The maximum Gasteiger partial charge on any atom is 0.436 e. The Morgan fingerprint density at radius 1 is 0.971 bits per heavy atom. The van der Waals surface area contributed by atoms with Gasteiger partial charge in [0.2, 0.25) is 5.96 Å². The molecule has 4 amide bonds. The Morgan fingerprint density at radius 2 is 1.68 bits per heavy atom. The molecule has 2 aromatic carbocycles. The zero-order valence-corrected chi connectivity index (χ0v) is 18.9. The lowest BCUT2D eigenvalue weighted by Gasteiger charge is -2.24. The van der Waals surface area contributed by atoms with Gasteiger partial charge in [-0.25, -0.2) is 14.4 Å². The van der Waals surface area contributed by atoms with Gasteiger partial charge in [-0.05, 0) is 18.2 Å². The summed E-state index contributed by atoms with van der Waals surface area (Å²) in [4.78, 5) is 53.4. The number of rotatable bonds is 7. The number of benzene rings is 2. The molecular weight excluding hydrogens is 446 g/mol. The Morgan fingerprint density at radius 3 is 2.26 bits per heavy atom. The standard InChI is InChI=1S/C22H25N5O7/c1-32-12-11-27(19(23)29)17-10-9-15(18(28)14-7-5-4-6-8-14)13-16(17)24-20(25-21(30)33-2)26-22(31)34-3/h4-10,13H,11-12H2,1-3H3,(H2,23,29)(H2,24,25,26,30,31). The van der Waals surface area contributed by atoms with Gasteiger partial charge in [0.25, 0.3) is 0 Å². The van der Waals surface area contributed by atoms with Crippen LogP contribution in [-0.2, 0) is 14.2 Å². The number of nitrogens with two attached hydrogens (primary N) is 1. The molecule has 0 aliphatic carbocycles. The van der Waals surface area contributed by atoms with Crippen LogP contribution in [0.25, 0.3) is 0 Å². The van der Waals surface area contributed by atoms with Gasteiger partial charge < -0.3 is 25.3 Å². The normalized spacial score (nSPS) is 10.7. The van der Waals surface area contributed by atoms with Crippen molar-refractivity contribution in [2.75, 3.05) is 44.7 Å². The molecule has 2 aromatic rings. The minimum atomic E-state index is -1.02. The molecule has 0 spiro atoms. The predicted molar refractivity (Wildman–Crippen MR) is 124 cm³/mol. The number of guanidine groups is 1. The summed E-state index contributed by atoms with van der Waals surface area (Å²) in [5, 5.41) is 4.96. The third-order valence-electron chi connectivity index (χ3n) is 4.41. The number of aliphatic imine (C=N–C) groups is 1. The quantitative estimate of drug-likeness (QED) is 0.315. The van der Waals surface area contributed by atoms with Crippen molar-refractivity contribution in [1.82, 2.24) is 5.32 Å². The highest BCUT2D eigenvalue weighted by atomic mass is 16.5.